The van der Waals surface area contributed by atoms with Gasteiger partial charge in [0.1, 0.15) is 41.8 Å². The Morgan fingerprint density at radius 3 is 2.38 bits per heavy atom. The summed E-state index contributed by atoms with van der Waals surface area (Å²) >= 11 is 0. The van der Waals surface area contributed by atoms with Crippen LogP contribution >= 0.6 is 0 Å². The molecule has 0 aliphatic heterocycles. The Labute approximate surface area is 212 Å². The van der Waals surface area contributed by atoms with Crippen LogP contribution in [0.15, 0.2) is 95.9 Å². The van der Waals surface area contributed by atoms with Gasteiger partial charge in [-0.2, -0.15) is 0 Å². The van der Waals surface area contributed by atoms with Crippen LogP contribution in [0.2, 0.25) is 0 Å². The highest BCUT2D eigenvalue weighted by molar-refractivity contribution is 7.92. The van der Waals surface area contributed by atoms with Crippen molar-refractivity contribution in [3.63, 3.8) is 0 Å². The van der Waals surface area contributed by atoms with E-state index < -0.39 is 27.6 Å². The molecule has 0 heterocycles. The lowest BCUT2D eigenvalue weighted by Gasteiger charge is -2.12. The van der Waals surface area contributed by atoms with Gasteiger partial charge in [-0.1, -0.05) is 30.3 Å². The normalized spacial score (nSPS) is 11.1. The van der Waals surface area contributed by atoms with Crippen LogP contribution in [-0.2, 0) is 14.8 Å². The lowest BCUT2D eigenvalue weighted by Crippen LogP contribution is -2.14. The summed E-state index contributed by atoms with van der Waals surface area (Å²) in [6, 6.07) is 21.5. The Morgan fingerprint density at radius 1 is 0.838 bits per heavy atom. The molecule has 0 aliphatic carbocycles. The number of benzene rings is 4. The first-order chi connectivity index (χ1) is 17.7. The van der Waals surface area contributed by atoms with Crippen LogP contribution in [0.4, 0.5) is 10.1 Å². The highest BCUT2D eigenvalue weighted by atomic mass is 32.2. The standard InChI is InChI=1S/C27H22FNO7S/c28-19-9-12-25(30)24(16-19)18-5-4-8-22(15-18)37(33,34)29-20-10-11-23(26(31)17-20)27(32)36-14-13-35-21-6-2-1-3-7-21/h1-12,15-17,29-31H,13-14H2. The molecule has 0 bridgehead atoms. The first kappa shape index (κ1) is 25.5. The molecular weight excluding hydrogens is 501 g/mol. The van der Waals surface area contributed by atoms with Crippen molar-refractivity contribution in [2.75, 3.05) is 17.9 Å². The van der Waals surface area contributed by atoms with E-state index in [9.17, 15) is 27.8 Å². The zero-order valence-corrected chi connectivity index (χ0v) is 20.1. The first-order valence-electron chi connectivity index (χ1n) is 11.0. The highest BCUT2D eigenvalue weighted by Gasteiger charge is 2.19. The third-order valence-corrected chi connectivity index (χ3v) is 6.59. The summed E-state index contributed by atoms with van der Waals surface area (Å²) in [6.07, 6.45) is 0. The van der Waals surface area contributed by atoms with Gasteiger partial charge in [-0.05, 0) is 60.2 Å². The Kier molecular flexibility index (Phi) is 7.59. The van der Waals surface area contributed by atoms with Crippen molar-refractivity contribution in [2.24, 2.45) is 0 Å². The van der Waals surface area contributed by atoms with Gasteiger partial charge in [-0.3, -0.25) is 4.72 Å². The van der Waals surface area contributed by atoms with Crippen LogP contribution in [0.25, 0.3) is 11.1 Å². The molecule has 4 aromatic rings. The van der Waals surface area contributed by atoms with Gasteiger partial charge in [-0.15, -0.1) is 0 Å². The molecule has 0 saturated heterocycles. The van der Waals surface area contributed by atoms with E-state index in [1.54, 1.807) is 24.3 Å². The molecule has 3 N–H and O–H groups in total. The second-order valence-corrected chi connectivity index (χ2v) is 9.51. The van der Waals surface area contributed by atoms with Crippen molar-refractivity contribution >= 4 is 21.7 Å². The van der Waals surface area contributed by atoms with Gasteiger partial charge < -0.3 is 19.7 Å². The minimum atomic E-state index is -4.13. The Balaban J connectivity index is 1.42. The number of carbonyl (C=O) groups is 1. The predicted octanol–water partition coefficient (Wildman–Crippen LogP) is 4.94. The fraction of sp³-hybridized carbons (Fsp3) is 0.0741. The maximum absolute atomic E-state index is 13.6. The SMILES string of the molecule is O=C(OCCOc1ccccc1)c1ccc(NS(=O)(=O)c2cccc(-c3cc(F)ccc3O)c2)cc1O. The van der Waals surface area contributed by atoms with Crippen LogP contribution in [0.1, 0.15) is 10.4 Å². The summed E-state index contributed by atoms with van der Waals surface area (Å²) in [5.74, 6) is -1.45. The summed E-state index contributed by atoms with van der Waals surface area (Å²) in [7, 11) is -4.13. The number of nitrogens with one attached hydrogen (secondary N) is 1. The van der Waals surface area contributed by atoms with Crippen LogP contribution in [0.5, 0.6) is 17.2 Å². The molecule has 8 nitrogen and oxygen atoms in total. The molecule has 0 saturated carbocycles. The number of hydrogen-bond acceptors (Lipinski definition) is 7. The second kappa shape index (κ2) is 11.0. The average Bonchev–Trinajstić information content (AvgIpc) is 2.88. The smallest absolute Gasteiger partial charge is 0.342 e. The number of rotatable bonds is 9. The molecule has 190 valence electrons. The number of carbonyl (C=O) groups excluding carboxylic acids is 1. The van der Waals surface area contributed by atoms with E-state index in [2.05, 4.69) is 4.72 Å². The van der Waals surface area contributed by atoms with Gasteiger partial charge in [0, 0.05) is 11.6 Å². The molecule has 0 aromatic heterocycles. The number of ether oxygens (including phenoxy) is 2. The summed E-state index contributed by atoms with van der Waals surface area (Å²) in [5, 5.41) is 20.3. The zero-order valence-electron chi connectivity index (χ0n) is 19.3. The molecule has 4 rings (SSSR count). The van der Waals surface area contributed by atoms with Crippen LogP contribution in [0.3, 0.4) is 0 Å². The van der Waals surface area contributed by atoms with Crippen LogP contribution in [0, 0.1) is 5.82 Å². The van der Waals surface area contributed by atoms with E-state index >= 15 is 0 Å². The number of halogens is 1. The largest absolute Gasteiger partial charge is 0.507 e. The molecule has 0 radical (unpaired) electrons. The number of para-hydroxylation sites is 1. The average molecular weight is 524 g/mol. The summed E-state index contributed by atoms with van der Waals surface area (Å²) < 4.78 is 52.3. The van der Waals surface area contributed by atoms with Gasteiger partial charge in [0.2, 0.25) is 0 Å². The number of phenols is 2. The molecule has 0 fully saturated rings. The van der Waals surface area contributed by atoms with E-state index in [0.717, 1.165) is 18.2 Å². The van der Waals surface area contributed by atoms with Gasteiger partial charge >= 0.3 is 5.97 Å². The third kappa shape index (κ3) is 6.36. The molecule has 0 atom stereocenters. The lowest BCUT2D eigenvalue weighted by molar-refractivity contribution is 0.0447. The third-order valence-electron chi connectivity index (χ3n) is 5.21. The molecule has 0 unspecified atom stereocenters. The molecular formula is C27H22FNO7S. The van der Waals surface area contributed by atoms with Gasteiger partial charge in [0.05, 0.1) is 10.6 Å². The number of phenolic OH excluding ortho intramolecular Hbond substituents is 2. The fourth-order valence-electron chi connectivity index (χ4n) is 3.44. The topological polar surface area (TPSA) is 122 Å². The van der Waals surface area contributed by atoms with Crippen LogP contribution in [-0.4, -0.2) is 37.8 Å². The van der Waals surface area contributed by atoms with Crippen LogP contribution < -0.4 is 9.46 Å². The van der Waals surface area contributed by atoms with Gasteiger partial charge in [0.25, 0.3) is 10.0 Å². The number of sulfonamides is 1. The molecule has 4 aromatic carbocycles. The fourth-order valence-corrected chi connectivity index (χ4v) is 4.54. The summed E-state index contributed by atoms with van der Waals surface area (Å²) in [4.78, 5) is 12.1. The maximum Gasteiger partial charge on any atom is 0.342 e. The molecule has 0 spiro atoms. The number of anilines is 1. The highest BCUT2D eigenvalue weighted by Crippen LogP contribution is 2.32. The minimum Gasteiger partial charge on any atom is -0.507 e. The van der Waals surface area contributed by atoms with Crippen molar-refractivity contribution in [1.82, 2.24) is 0 Å². The van der Waals surface area contributed by atoms with E-state index in [1.165, 1.54) is 42.5 Å². The first-order valence-corrected chi connectivity index (χ1v) is 12.5. The number of aromatic hydroxyl groups is 2. The number of esters is 1. The van der Waals surface area contributed by atoms with Gasteiger partial charge in [-0.25, -0.2) is 17.6 Å². The van der Waals surface area contributed by atoms with Crippen molar-refractivity contribution in [3.05, 3.63) is 102 Å². The molecule has 10 heteroatoms. The maximum atomic E-state index is 13.6. The Morgan fingerprint density at radius 2 is 1.62 bits per heavy atom. The lowest BCUT2D eigenvalue weighted by atomic mass is 10.0. The predicted molar refractivity (Wildman–Crippen MR) is 135 cm³/mol. The van der Waals surface area contributed by atoms with Gasteiger partial charge in [0.15, 0.2) is 0 Å². The van der Waals surface area contributed by atoms with Crippen molar-refractivity contribution in [1.29, 1.82) is 0 Å². The Hall–Kier alpha value is -4.57. The van der Waals surface area contributed by atoms with E-state index in [-0.39, 0.29) is 46.2 Å². The van der Waals surface area contributed by atoms with E-state index in [1.807, 2.05) is 6.07 Å². The van der Waals surface area contributed by atoms with Crippen molar-refractivity contribution in [2.45, 2.75) is 4.90 Å². The molecule has 0 amide bonds. The van der Waals surface area contributed by atoms with E-state index in [4.69, 9.17) is 9.47 Å². The molecule has 0 aliphatic rings. The second-order valence-electron chi connectivity index (χ2n) is 7.82. The summed E-state index contributed by atoms with van der Waals surface area (Å²) in [5.41, 5.74) is 0.274. The quantitative estimate of drug-likeness (QED) is 0.210. The van der Waals surface area contributed by atoms with E-state index in [0.29, 0.717) is 5.75 Å². The monoisotopic (exact) mass is 523 g/mol. The Bertz CT molecular complexity index is 1530. The minimum absolute atomic E-state index is 0.000432. The van der Waals surface area contributed by atoms with Crippen molar-refractivity contribution < 1.29 is 37.3 Å². The molecule has 37 heavy (non-hydrogen) atoms. The number of hydrogen-bond donors (Lipinski definition) is 3. The van der Waals surface area contributed by atoms with Crippen molar-refractivity contribution in [3.8, 4) is 28.4 Å². The summed E-state index contributed by atoms with van der Waals surface area (Å²) in [6.45, 7) is 0.0552. The zero-order chi connectivity index (χ0) is 26.4.